The second kappa shape index (κ2) is 7.53. The Bertz CT molecular complexity index is 91.8. The Morgan fingerprint density at radius 2 is 2.00 bits per heavy atom. The molecule has 0 amide bonds. The summed E-state index contributed by atoms with van der Waals surface area (Å²) in [4.78, 5) is 0. The van der Waals surface area contributed by atoms with Crippen LogP contribution in [0.2, 0.25) is 0 Å². The molecule has 0 aliphatic carbocycles. The zero-order chi connectivity index (χ0) is 9.40. The molecule has 3 nitrogen and oxygen atoms in total. The highest BCUT2D eigenvalue weighted by Crippen LogP contribution is 2.08. The number of rotatable bonds is 7. The highest BCUT2D eigenvalue weighted by atomic mass is 16.5. The Morgan fingerprint density at radius 3 is 2.42 bits per heavy atom. The highest BCUT2D eigenvalue weighted by Gasteiger charge is 2.15. The molecule has 0 fully saturated rings. The fraction of sp³-hybridized carbons (Fsp3) is 1.00. The van der Waals surface area contributed by atoms with Gasteiger partial charge in [0.05, 0.1) is 12.2 Å². The summed E-state index contributed by atoms with van der Waals surface area (Å²) in [6.45, 7) is 2.71. The van der Waals surface area contributed by atoms with Gasteiger partial charge in [-0.15, -0.1) is 0 Å². The number of hydrogen-bond donors (Lipinski definition) is 1. The van der Waals surface area contributed by atoms with E-state index in [2.05, 4.69) is 0 Å². The van der Waals surface area contributed by atoms with Crippen LogP contribution in [0.5, 0.6) is 0 Å². The number of methoxy groups -OCH3 is 2. The van der Waals surface area contributed by atoms with E-state index in [1.165, 1.54) is 0 Å². The van der Waals surface area contributed by atoms with E-state index in [0.29, 0.717) is 6.61 Å². The van der Waals surface area contributed by atoms with Crippen LogP contribution in [0.15, 0.2) is 0 Å². The van der Waals surface area contributed by atoms with Crippen LogP contribution in [0.4, 0.5) is 0 Å². The SMILES string of the molecule is CCC(OC)C(O)CCCOC. The summed E-state index contributed by atoms with van der Waals surface area (Å²) >= 11 is 0. The van der Waals surface area contributed by atoms with E-state index < -0.39 is 0 Å². The fourth-order valence-electron chi connectivity index (χ4n) is 1.22. The molecule has 2 unspecified atom stereocenters. The van der Waals surface area contributed by atoms with Crippen LogP contribution in [0, 0.1) is 0 Å². The van der Waals surface area contributed by atoms with E-state index in [9.17, 15) is 5.11 Å². The summed E-state index contributed by atoms with van der Waals surface area (Å²) in [5, 5.41) is 9.56. The maximum absolute atomic E-state index is 9.56. The molecule has 0 aromatic rings. The maximum Gasteiger partial charge on any atom is 0.0827 e. The molecular weight excluding hydrogens is 156 g/mol. The fourth-order valence-corrected chi connectivity index (χ4v) is 1.22. The van der Waals surface area contributed by atoms with Crippen molar-refractivity contribution < 1.29 is 14.6 Å². The van der Waals surface area contributed by atoms with Gasteiger partial charge in [-0.25, -0.2) is 0 Å². The second-order valence-electron chi connectivity index (χ2n) is 2.88. The number of aliphatic hydroxyl groups excluding tert-OH is 1. The summed E-state index contributed by atoms with van der Waals surface area (Å²) in [5.41, 5.74) is 0. The molecule has 12 heavy (non-hydrogen) atoms. The average Bonchev–Trinajstić information content (AvgIpc) is 2.07. The molecular formula is C9H20O3. The first kappa shape index (κ1) is 11.9. The maximum atomic E-state index is 9.56. The van der Waals surface area contributed by atoms with Gasteiger partial charge in [0, 0.05) is 20.8 Å². The minimum Gasteiger partial charge on any atom is -0.390 e. The molecule has 0 saturated heterocycles. The Labute approximate surface area is 74.7 Å². The van der Waals surface area contributed by atoms with E-state index in [-0.39, 0.29) is 12.2 Å². The molecule has 0 saturated carbocycles. The lowest BCUT2D eigenvalue weighted by Gasteiger charge is -2.19. The third-order valence-electron chi connectivity index (χ3n) is 1.98. The van der Waals surface area contributed by atoms with E-state index in [1.54, 1.807) is 14.2 Å². The Balaban J connectivity index is 3.47. The largest absolute Gasteiger partial charge is 0.390 e. The average molecular weight is 176 g/mol. The van der Waals surface area contributed by atoms with Crippen LogP contribution >= 0.6 is 0 Å². The minimum absolute atomic E-state index is 0.0261. The van der Waals surface area contributed by atoms with Crippen LogP contribution in [0.25, 0.3) is 0 Å². The van der Waals surface area contributed by atoms with Crippen LogP contribution in [-0.4, -0.2) is 38.1 Å². The third-order valence-corrected chi connectivity index (χ3v) is 1.98. The standard InChI is InChI=1S/C9H20O3/c1-4-9(12-3)8(10)6-5-7-11-2/h8-10H,4-7H2,1-3H3. The first-order valence-corrected chi connectivity index (χ1v) is 4.46. The van der Waals surface area contributed by atoms with Crippen LogP contribution in [-0.2, 0) is 9.47 Å². The van der Waals surface area contributed by atoms with Gasteiger partial charge in [0.15, 0.2) is 0 Å². The van der Waals surface area contributed by atoms with Gasteiger partial charge in [0.2, 0.25) is 0 Å². The van der Waals surface area contributed by atoms with Crippen molar-refractivity contribution >= 4 is 0 Å². The molecule has 1 N–H and O–H groups in total. The van der Waals surface area contributed by atoms with Gasteiger partial charge in [-0.1, -0.05) is 6.92 Å². The second-order valence-corrected chi connectivity index (χ2v) is 2.88. The Hall–Kier alpha value is -0.120. The van der Waals surface area contributed by atoms with Crippen molar-refractivity contribution in [2.45, 2.75) is 38.4 Å². The normalized spacial score (nSPS) is 16.0. The zero-order valence-electron chi connectivity index (χ0n) is 8.25. The molecule has 0 spiro atoms. The van der Waals surface area contributed by atoms with Crippen LogP contribution in [0.3, 0.4) is 0 Å². The molecule has 0 rings (SSSR count). The summed E-state index contributed by atoms with van der Waals surface area (Å²) < 4.78 is 9.99. The van der Waals surface area contributed by atoms with Gasteiger partial charge in [-0.05, 0) is 19.3 Å². The molecule has 0 aromatic carbocycles. The molecule has 0 aliphatic heterocycles. The minimum atomic E-state index is -0.352. The van der Waals surface area contributed by atoms with Crippen molar-refractivity contribution in [3.63, 3.8) is 0 Å². The van der Waals surface area contributed by atoms with Gasteiger partial charge in [-0.2, -0.15) is 0 Å². The monoisotopic (exact) mass is 176 g/mol. The summed E-state index contributed by atoms with van der Waals surface area (Å²) in [5.74, 6) is 0. The quantitative estimate of drug-likeness (QED) is 0.592. The lowest BCUT2D eigenvalue weighted by Crippen LogP contribution is -2.27. The number of ether oxygens (including phenoxy) is 2. The molecule has 0 radical (unpaired) electrons. The summed E-state index contributed by atoms with van der Waals surface area (Å²) in [7, 11) is 3.30. The van der Waals surface area contributed by atoms with E-state index in [0.717, 1.165) is 19.3 Å². The predicted octanol–water partition coefficient (Wildman–Crippen LogP) is 1.20. The summed E-state index contributed by atoms with van der Waals surface area (Å²) in [6, 6.07) is 0. The zero-order valence-corrected chi connectivity index (χ0v) is 8.25. The number of aliphatic hydroxyl groups is 1. The first-order chi connectivity index (χ1) is 5.76. The lowest BCUT2D eigenvalue weighted by molar-refractivity contribution is -0.0203. The van der Waals surface area contributed by atoms with Gasteiger partial charge in [-0.3, -0.25) is 0 Å². The Morgan fingerprint density at radius 1 is 1.33 bits per heavy atom. The van der Waals surface area contributed by atoms with Crippen molar-refractivity contribution in [1.29, 1.82) is 0 Å². The van der Waals surface area contributed by atoms with Crippen LogP contribution in [0.1, 0.15) is 26.2 Å². The molecule has 74 valence electrons. The van der Waals surface area contributed by atoms with Crippen molar-refractivity contribution in [2.24, 2.45) is 0 Å². The van der Waals surface area contributed by atoms with Crippen molar-refractivity contribution in [1.82, 2.24) is 0 Å². The topological polar surface area (TPSA) is 38.7 Å². The molecule has 0 aromatic heterocycles. The van der Waals surface area contributed by atoms with Crippen molar-refractivity contribution in [3.05, 3.63) is 0 Å². The van der Waals surface area contributed by atoms with Gasteiger partial charge >= 0.3 is 0 Å². The molecule has 0 aliphatic rings. The van der Waals surface area contributed by atoms with Crippen molar-refractivity contribution in [2.75, 3.05) is 20.8 Å². The number of hydrogen-bond acceptors (Lipinski definition) is 3. The molecule has 0 bridgehead atoms. The summed E-state index contributed by atoms with van der Waals surface area (Å²) in [6.07, 6.45) is 2.11. The van der Waals surface area contributed by atoms with E-state index in [1.807, 2.05) is 6.92 Å². The Kier molecular flexibility index (Phi) is 7.45. The molecule has 0 heterocycles. The molecule has 2 atom stereocenters. The van der Waals surface area contributed by atoms with Gasteiger partial charge < -0.3 is 14.6 Å². The molecule has 3 heteroatoms. The van der Waals surface area contributed by atoms with Crippen molar-refractivity contribution in [3.8, 4) is 0 Å². The predicted molar refractivity (Wildman–Crippen MR) is 48.2 cm³/mol. The van der Waals surface area contributed by atoms with E-state index in [4.69, 9.17) is 9.47 Å². The lowest BCUT2D eigenvalue weighted by atomic mass is 10.1. The van der Waals surface area contributed by atoms with Gasteiger partial charge in [0.1, 0.15) is 0 Å². The van der Waals surface area contributed by atoms with Gasteiger partial charge in [0.25, 0.3) is 0 Å². The smallest absolute Gasteiger partial charge is 0.0827 e. The van der Waals surface area contributed by atoms with E-state index >= 15 is 0 Å². The highest BCUT2D eigenvalue weighted by molar-refractivity contribution is 4.66. The first-order valence-electron chi connectivity index (χ1n) is 4.46. The third kappa shape index (κ3) is 4.70. The van der Waals surface area contributed by atoms with Crippen LogP contribution < -0.4 is 0 Å².